The van der Waals surface area contributed by atoms with Gasteiger partial charge in [0.05, 0.1) is 5.92 Å². The molecule has 1 aliphatic heterocycles. The second kappa shape index (κ2) is 8.65. The number of piperidine rings is 1. The van der Waals surface area contributed by atoms with Crippen LogP contribution >= 0.6 is 0 Å². The molecule has 0 radical (unpaired) electrons. The third-order valence-electron chi connectivity index (χ3n) is 4.62. The molecule has 2 aromatic carbocycles. The summed E-state index contributed by atoms with van der Waals surface area (Å²) in [5.74, 6) is -2.60. The number of esters is 1. The van der Waals surface area contributed by atoms with Gasteiger partial charge in [0.15, 0.2) is 0 Å². The lowest BCUT2D eigenvalue weighted by atomic mass is 9.99. The highest BCUT2D eigenvalue weighted by Gasteiger charge is 2.27. The molecule has 0 aliphatic carbocycles. The van der Waals surface area contributed by atoms with E-state index in [0.29, 0.717) is 12.1 Å². The molecule has 0 bridgehead atoms. The number of amides is 2. The average Bonchev–Trinajstić information content (AvgIpc) is 2.69. The summed E-state index contributed by atoms with van der Waals surface area (Å²) in [7, 11) is 0. The molecule has 1 fully saturated rings. The third kappa shape index (κ3) is 4.73. The number of nitrogens with one attached hydrogen (secondary N) is 2. The zero-order chi connectivity index (χ0) is 20.1. The number of halogens is 1. The Balaban J connectivity index is 1.62. The van der Waals surface area contributed by atoms with Gasteiger partial charge in [-0.1, -0.05) is 36.4 Å². The van der Waals surface area contributed by atoms with Crippen molar-refractivity contribution in [1.82, 2.24) is 5.32 Å². The van der Waals surface area contributed by atoms with Gasteiger partial charge in [0.25, 0.3) is 0 Å². The number of carbonyl (C=O) groups excluding carboxylic acids is 3. The van der Waals surface area contributed by atoms with Crippen LogP contribution in [-0.4, -0.2) is 23.8 Å². The summed E-state index contributed by atoms with van der Waals surface area (Å²) in [6, 6.07) is 13.0. The van der Waals surface area contributed by atoms with E-state index in [1.807, 2.05) is 30.3 Å². The quantitative estimate of drug-likeness (QED) is 0.591. The van der Waals surface area contributed by atoms with Crippen molar-refractivity contribution in [2.75, 3.05) is 5.32 Å². The van der Waals surface area contributed by atoms with Gasteiger partial charge in [-0.15, -0.1) is 0 Å². The second-order valence-electron chi connectivity index (χ2n) is 6.70. The lowest BCUT2D eigenvalue weighted by Gasteiger charge is -2.23. The Kier molecular flexibility index (Phi) is 6.03. The molecule has 2 amide bonds. The minimum Gasteiger partial charge on any atom is -0.460 e. The van der Waals surface area contributed by atoms with Crippen molar-refractivity contribution in [3.05, 3.63) is 65.5 Å². The number of ether oxygens (including phenoxy) is 1. The summed E-state index contributed by atoms with van der Waals surface area (Å²) in [6.45, 7) is 1.71. The highest BCUT2D eigenvalue weighted by Crippen LogP contribution is 2.24. The first-order valence-electron chi connectivity index (χ1n) is 9.04. The highest BCUT2D eigenvalue weighted by molar-refractivity contribution is 6.01. The van der Waals surface area contributed by atoms with Crippen molar-refractivity contribution in [3.8, 4) is 0 Å². The lowest BCUT2D eigenvalue weighted by molar-refractivity contribution is -0.146. The molecular weight excluding hydrogens is 363 g/mol. The van der Waals surface area contributed by atoms with E-state index in [1.54, 1.807) is 13.0 Å². The fourth-order valence-electron chi connectivity index (χ4n) is 2.98. The van der Waals surface area contributed by atoms with Crippen LogP contribution in [0.1, 0.15) is 36.8 Å². The molecule has 0 aromatic heterocycles. The van der Waals surface area contributed by atoms with Gasteiger partial charge in [-0.05, 0) is 31.0 Å². The molecule has 0 saturated carbocycles. The molecule has 2 aromatic rings. The Morgan fingerprint density at radius 3 is 2.68 bits per heavy atom. The fraction of sp³-hybridized carbons (Fsp3) is 0.286. The van der Waals surface area contributed by atoms with Gasteiger partial charge in [0, 0.05) is 17.7 Å². The number of hydrogen-bond donors (Lipinski definition) is 2. The summed E-state index contributed by atoms with van der Waals surface area (Å²) < 4.78 is 19.8. The van der Waals surface area contributed by atoms with E-state index in [9.17, 15) is 18.8 Å². The van der Waals surface area contributed by atoms with Crippen LogP contribution < -0.4 is 10.6 Å². The molecule has 6 nitrogen and oxygen atoms in total. The van der Waals surface area contributed by atoms with Gasteiger partial charge >= 0.3 is 5.97 Å². The maximum atomic E-state index is 14.5. The highest BCUT2D eigenvalue weighted by atomic mass is 19.1. The van der Waals surface area contributed by atoms with Gasteiger partial charge in [0.2, 0.25) is 11.8 Å². The minimum atomic E-state index is -0.770. The minimum absolute atomic E-state index is 0.126. The molecule has 0 spiro atoms. The summed E-state index contributed by atoms with van der Waals surface area (Å²) in [6.07, 6.45) is 0.574. The maximum Gasteiger partial charge on any atom is 0.313 e. The Morgan fingerprint density at radius 2 is 2.00 bits per heavy atom. The van der Waals surface area contributed by atoms with Crippen LogP contribution in [0.3, 0.4) is 0 Å². The van der Waals surface area contributed by atoms with Gasteiger partial charge in [-0.25, -0.2) is 4.39 Å². The van der Waals surface area contributed by atoms with Crippen molar-refractivity contribution >= 4 is 23.5 Å². The molecule has 1 heterocycles. The number of imide groups is 1. The number of rotatable bonds is 6. The normalized spacial score (nSPS) is 17.6. The predicted octanol–water partition coefficient (Wildman–Crippen LogP) is 2.89. The molecule has 1 saturated heterocycles. The summed E-state index contributed by atoms with van der Waals surface area (Å²) in [5.41, 5.74) is 1.47. The van der Waals surface area contributed by atoms with Gasteiger partial charge in [-0.3, -0.25) is 19.7 Å². The first-order chi connectivity index (χ1) is 13.4. The van der Waals surface area contributed by atoms with Crippen LogP contribution in [0.25, 0.3) is 0 Å². The zero-order valence-corrected chi connectivity index (χ0v) is 15.4. The average molecular weight is 384 g/mol. The predicted molar refractivity (Wildman–Crippen MR) is 101 cm³/mol. The molecule has 1 aliphatic rings. The van der Waals surface area contributed by atoms with E-state index in [-0.39, 0.29) is 24.5 Å². The van der Waals surface area contributed by atoms with E-state index in [2.05, 4.69) is 10.6 Å². The molecule has 3 rings (SSSR count). The van der Waals surface area contributed by atoms with Crippen molar-refractivity contribution < 1.29 is 23.5 Å². The van der Waals surface area contributed by atoms with Crippen molar-refractivity contribution in [2.45, 2.75) is 38.3 Å². The van der Waals surface area contributed by atoms with Crippen LogP contribution in [-0.2, 0) is 25.7 Å². The number of hydrogen-bond acceptors (Lipinski definition) is 5. The zero-order valence-electron chi connectivity index (χ0n) is 15.4. The van der Waals surface area contributed by atoms with Crippen LogP contribution in [0.5, 0.6) is 0 Å². The molecule has 28 heavy (non-hydrogen) atoms. The SMILES string of the molecule is CC(C(=O)OCc1ccccc1)c1ccc(NC2CCC(=O)NC2=O)cc1F. The Hall–Kier alpha value is -3.22. The summed E-state index contributed by atoms with van der Waals surface area (Å²) in [5, 5.41) is 5.15. The molecule has 146 valence electrons. The monoisotopic (exact) mass is 384 g/mol. The van der Waals surface area contributed by atoms with Gasteiger partial charge < -0.3 is 10.1 Å². The van der Waals surface area contributed by atoms with Crippen molar-refractivity contribution in [1.29, 1.82) is 0 Å². The molecule has 2 unspecified atom stereocenters. The van der Waals surface area contributed by atoms with E-state index < -0.39 is 29.7 Å². The molecule has 2 atom stereocenters. The smallest absolute Gasteiger partial charge is 0.313 e. The fourth-order valence-corrected chi connectivity index (χ4v) is 2.98. The van der Waals surface area contributed by atoms with E-state index in [1.165, 1.54) is 12.1 Å². The first kappa shape index (κ1) is 19.5. The molecular formula is C21H21FN2O4. The second-order valence-corrected chi connectivity index (χ2v) is 6.70. The summed E-state index contributed by atoms with van der Waals surface area (Å²) in [4.78, 5) is 35.2. The number of carbonyl (C=O) groups is 3. The number of anilines is 1. The van der Waals surface area contributed by atoms with E-state index >= 15 is 0 Å². The van der Waals surface area contributed by atoms with Crippen LogP contribution in [0, 0.1) is 5.82 Å². The Labute approximate surface area is 162 Å². The molecule has 7 heteroatoms. The van der Waals surface area contributed by atoms with Crippen LogP contribution in [0.4, 0.5) is 10.1 Å². The van der Waals surface area contributed by atoms with Gasteiger partial charge in [0.1, 0.15) is 18.5 Å². The first-order valence-corrected chi connectivity index (χ1v) is 9.04. The van der Waals surface area contributed by atoms with Crippen molar-refractivity contribution in [2.24, 2.45) is 0 Å². The topological polar surface area (TPSA) is 84.5 Å². The standard InChI is InChI=1S/C21H21FN2O4/c1-13(21(27)28-12-14-5-3-2-4-6-14)16-8-7-15(11-17(16)22)23-18-9-10-19(25)24-20(18)26/h2-8,11,13,18,23H,9-10,12H2,1H3,(H,24,25,26). The largest absolute Gasteiger partial charge is 0.460 e. The van der Waals surface area contributed by atoms with Crippen LogP contribution in [0.2, 0.25) is 0 Å². The maximum absolute atomic E-state index is 14.5. The van der Waals surface area contributed by atoms with Crippen molar-refractivity contribution in [3.63, 3.8) is 0 Å². The Morgan fingerprint density at radius 1 is 1.25 bits per heavy atom. The van der Waals surface area contributed by atoms with Crippen LogP contribution in [0.15, 0.2) is 48.5 Å². The molecule has 2 N–H and O–H groups in total. The Bertz CT molecular complexity index is 885. The number of benzene rings is 2. The third-order valence-corrected chi connectivity index (χ3v) is 4.62. The van der Waals surface area contributed by atoms with E-state index in [4.69, 9.17) is 4.74 Å². The van der Waals surface area contributed by atoms with E-state index in [0.717, 1.165) is 5.56 Å². The van der Waals surface area contributed by atoms with Gasteiger partial charge in [-0.2, -0.15) is 0 Å². The summed E-state index contributed by atoms with van der Waals surface area (Å²) >= 11 is 0. The lowest BCUT2D eigenvalue weighted by Crippen LogP contribution is -2.47.